The normalized spacial score (nSPS) is 10.2. The summed E-state index contributed by atoms with van der Waals surface area (Å²) in [5.74, 6) is -0.211. The SMILES string of the molecule is Cc1cc(C(=O)Nc2ccncc2Br)c(C)nn1. The molecule has 0 saturated carbocycles. The van der Waals surface area contributed by atoms with Gasteiger partial charge in [0.05, 0.1) is 27.1 Å². The molecule has 0 bridgehead atoms. The predicted molar refractivity (Wildman–Crippen MR) is 71.4 cm³/mol. The van der Waals surface area contributed by atoms with Gasteiger partial charge in [0, 0.05) is 12.4 Å². The molecule has 2 aromatic heterocycles. The van der Waals surface area contributed by atoms with Crippen LogP contribution in [0.5, 0.6) is 0 Å². The molecule has 0 aliphatic carbocycles. The van der Waals surface area contributed by atoms with E-state index in [9.17, 15) is 4.79 Å². The van der Waals surface area contributed by atoms with Crippen LogP contribution in [-0.4, -0.2) is 21.1 Å². The summed E-state index contributed by atoms with van der Waals surface area (Å²) in [6.07, 6.45) is 3.24. The first kappa shape index (κ1) is 12.6. The fourth-order valence-electron chi connectivity index (χ4n) is 1.45. The molecule has 0 unspecified atom stereocenters. The Morgan fingerprint density at radius 1 is 1.33 bits per heavy atom. The van der Waals surface area contributed by atoms with Gasteiger partial charge in [0.15, 0.2) is 0 Å². The number of aromatic nitrogens is 3. The Labute approximate surface area is 113 Å². The van der Waals surface area contributed by atoms with Crippen LogP contribution in [0.1, 0.15) is 21.7 Å². The highest BCUT2D eigenvalue weighted by Crippen LogP contribution is 2.21. The lowest BCUT2D eigenvalue weighted by Crippen LogP contribution is -2.15. The fraction of sp³-hybridized carbons (Fsp3) is 0.167. The van der Waals surface area contributed by atoms with Gasteiger partial charge in [0.25, 0.3) is 5.91 Å². The van der Waals surface area contributed by atoms with E-state index in [1.54, 1.807) is 38.4 Å². The maximum atomic E-state index is 12.1. The molecule has 0 aliphatic heterocycles. The minimum Gasteiger partial charge on any atom is -0.321 e. The lowest BCUT2D eigenvalue weighted by atomic mass is 10.2. The quantitative estimate of drug-likeness (QED) is 0.925. The van der Waals surface area contributed by atoms with Gasteiger partial charge < -0.3 is 5.32 Å². The van der Waals surface area contributed by atoms with E-state index >= 15 is 0 Å². The van der Waals surface area contributed by atoms with E-state index in [1.807, 2.05) is 0 Å². The first-order valence-electron chi connectivity index (χ1n) is 5.29. The summed E-state index contributed by atoms with van der Waals surface area (Å²) in [7, 11) is 0. The molecule has 0 aromatic carbocycles. The third-order valence-electron chi connectivity index (χ3n) is 2.37. The zero-order chi connectivity index (χ0) is 13.1. The number of hydrogen-bond donors (Lipinski definition) is 1. The number of hydrogen-bond acceptors (Lipinski definition) is 4. The van der Waals surface area contributed by atoms with Crippen molar-refractivity contribution < 1.29 is 4.79 Å². The van der Waals surface area contributed by atoms with E-state index in [2.05, 4.69) is 36.4 Å². The molecular formula is C12H11BrN4O. The van der Waals surface area contributed by atoms with Crippen molar-refractivity contribution in [3.63, 3.8) is 0 Å². The molecule has 0 atom stereocenters. The Morgan fingerprint density at radius 2 is 2.11 bits per heavy atom. The predicted octanol–water partition coefficient (Wildman–Crippen LogP) is 2.50. The molecule has 6 heteroatoms. The molecule has 0 saturated heterocycles. The molecule has 2 aromatic rings. The maximum Gasteiger partial charge on any atom is 0.257 e. The van der Waals surface area contributed by atoms with E-state index in [4.69, 9.17) is 0 Å². The van der Waals surface area contributed by atoms with Crippen LogP contribution in [0, 0.1) is 13.8 Å². The molecule has 0 fully saturated rings. The van der Waals surface area contributed by atoms with Crippen LogP contribution >= 0.6 is 15.9 Å². The van der Waals surface area contributed by atoms with Gasteiger partial charge in [-0.05, 0) is 41.9 Å². The smallest absolute Gasteiger partial charge is 0.257 e. The number of nitrogens with zero attached hydrogens (tertiary/aromatic N) is 3. The zero-order valence-corrected chi connectivity index (χ0v) is 11.5. The summed E-state index contributed by atoms with van der Waals surface area (Å²) in [5.41, 5.74) is 2.50. The van der Waals surface area contributed by atoms with Gasteiger partial charge in [-0.2, -0.15) is 10.2 Å². The van der Waals surface area contributed by atoms with Crippen molar-refractivity contribution in [3.05, 3.63) is 46.0 Å². The monoisotopic (exact) mass is 306 g/mol. The first-order valence-corrected chi connectivity index (χ1v) is 6.09. The number of anilines is 1. The minimum atomic E-state index is -0.211. The molecule has 2 rings (SSSR count). The number of rotatable bonds is 2. The van der Waals surface area contributed by atoms with Gasteiger partial charge in [-0.25, -0.2) is 0 Å². The summed E-state index contributed by atoms with van der Waals surface area (Å²) in [6.45, 7) is 3.55. The average molecular weight is 307 g/mol. The van der Waals surface area contributed by atoms with Crippen LogP contribution in [0.25, 0.3) is 0 Å². The lowest BCUT2D eigenvalue weighted by molar-refractivity contribution is 0.102. The molecular weight excluding hydrogens is 296 g/mol. The highest BCUT2D eigenvalue weighted by atomic mass is 79.9. The Balaban J connectivity index is 2.28. The summed E-state index contributed by atoms with van der Waals surface area (Å²) in [6, 6.07) is 3.44. The minimum absolute atomic E-state index is 0.211. The van der Waals surface area contributed by atoms with E-state index in [0.717, 1.165) is 4.47 Å². The average Bonchev–Trinajstić information content (AvgIpc) is 2.35. The fourth-order valence-corrected chi connectivity index (χ4v) is 1.80. The second-order valence-corrected chi connectivity index (χ2v) is 4.65. The summed E-state index contributed by atoms with van der Waals surface area (Å²) >= 11 is 3.33. The Bertz CT molecular complexity index is 600. The van der Waals surface area contributed by atoms with Crippen LogP contribution in [0.4, 0.5) is 5.69 Å². The molecule has 92 valence electrons. The molecule has 1 amide bonds. The third kappa shape index (κ3) is 2.70. The second kappa shape index (κ2) is 5.22. The Morgan fingerprint density at radius 3 is 2.83 bits per heavy atom. The van der Waals surface area contributed by atoms with Crippen molar-refractivity contribution in [1.29, 1.82) is 0 Å². The molecule has 0 radical (unpaired) electrons. The molecule has 1 N–H and O–H groups in total. The number of aryl methyl sites for hydroxylation is 2. The number of pyridine rings is 1. The number of halogens is 1. The van der Waals surface area contributed by atoms with Crippen molar-refractivity contribution in [3.8, 4) is 0 Å². The van der Waals surface area contributed by atoms with E-state index in [-0.39, 0.29) is 5.91 Å². The van der Waals surface area contributed by atoms with Crippen LogP contribution in [0.2, 0.25) is 0 Å². The number of amides is 1. The van der Waals surface area contributed by atoms with Crippen molar-refractivity contribution in [2.45, 2.75) is 13.8 Å². The largest absolute Gasteiger partial charge is 0.321 e. The van der Waals surface area contributed by atoms with Crippen molar-refractivity contribution in [1.82, 2.24) is 15.2 Å². The Kier molecular flexibility index (Phi) is 3.66. The van der Waals surface area contributed by atoms with Crippen molar-refractivity contribution >= 4 is 27.5 Å². The summed E-state index contributed by atoms with van der Waals surface area (Å²) in [4.78, 5) is 16.1. The first-order chi connectivity index (χ1) is 8.58. The maximum absolute atomic E-state index is 12.1. The second-order valence-electron chi connectivity index (χ2n) is 3.79. The van der Waals surface area contributed by atoms with E-state index in [0.29, 0.717) is 22.6 Å². The van der Waals surface area contributed by atoms with Crippen LogP contribution in [-0.2, 0) is 0 Å². The van der Waals surface area contributed by atoms with E-state index < -0.39 is 0 Å². The standard InChI is InChI=1S/C12H11BrN4O/c1-7-5-9(8(2)17-16-7)12(18)15-11-3-4-14-6-10(11)13/h3-6H,1-2H3,(H,14,15,18). The van der Waals surface area contributed by atoms with Crippen molar-refractivity contribution in [2.75, 3.05) is 5.32 Å². The molecule has 0 spiro atoms. The number of nitrogens with one attached hydrogen (secondary N) is 1. The number of carbonyl (C=O) groups is 1. The topological polar surface area (TPSA) is 67.8 Å². The molecule has 5 nitrogen and oxygen atoms in total. The van der Waals surface area contributed by atoms with Crippen LogP contribution in [0.15, 0.2) is 29.0 Å². The molecule has 2 heterocycles. The summed E-state index contributed by atoms with van der Waals surface area (Å²) < 4.78 is 0.731. The van der Waals surface area contributed by atoms with E-state index in [1.165, 1.54) is 0 Å². The van der Waals surface area contributed by atoms with Gasteiger partial charge in [-0.1, -0.05) is 0 Å². The Hall–Kier alpha value is -1.82. The van der Waals surface area contributed by atoms with Gasteiger partial charge in [0.2, 0.25) is 0 Å². The highest BCUT2D eigenvalue weighted by molar-refractivity contribution is 9.10. The summed E-state index contributed by atoms with van der Waals surface area (Å²) in [5, 5.41) is 10.6. The van der Waals surface area contributed by atoms with Crippen molar-refractivity contribution in [2.24, 2.45) is 0 Å². The van der Waals surface area contributed by atoms with Gasteiger partial charge in [-0.3, -0.25) is 9.78 Å². The third-order valence-corrected chi connectivity index (χ3v) is 3.00. The highest BCUT2D eigenvalue weighted by Gasteiger charge is 2.12. The number of carbonyl (C=O) groups excluding carboxylic acids is 1. The molecule has 18 heavy (non-hydrogen) atoms. The van der Waals surface area contributed by atoms with Gasteiger partial charge >= 0.3 is 0 Å². The van der Waals surface area contributed by atoms with Gasteiger partial charge in [-0.15, -0.1) is 0 Å². The van der Waals surface area contributed by atoms with Crippen LogP contribution < -0.4 is 5.32 Å². The zero-order valence-electron chi connectivity index (χ0n) is 9.94. The molecule has 0 aliphatic rings. The van der Waals surface area contributed by atoms with Gasteiger partial charge in [0.1, 0.15) is 0 Å². The van der Waals surface area contributed by atoms with Crippen LogP contribution in [0.3, 0.4) is 0 Å². The lowest BCUT2D eigenvalue weighted by Gasteiger charge is -2.08.